The molecule has 1 amide bonds. The van der Waals surface area contributed by atoms with Gasteiger partial charge in [-0.1, -0.05) is 12.8 Å². The predicted octanol–water partition coefficient (Wildman–Crippen LogP) is 0.0616. The van der Waals surface area contributed by atoms with Crippen molar-refractivity contribution in [3.63, 3.8) is 0 Å². The molecule has 86 valence electrons. The van der Waals surface area contributed by atoms with E-state index < -0.39 is 11.5 Å². The molecule has 2 N–H and O–H groups in total. The van der Waals surface area contributed by atoms with Crippen molar-refractivity contribution in [3.8, 4) is 0 Å². The molecule has 1 rings (SSSR count). The fourth-order valence-electron chi connectivity index (χ4n) is 1.96. The Morgan fingerprint density at radius 3 is 2.27 bits per heavy atom. The number of likely N-dealkylation sites (N-methyl/N-ethyl adjacent to an activating group) is 1. The van der Waals surface area contributed by atoms with Crippen molar-refractivity contribution < 1.29 is 14.7 Å². The summed E-state index contributed by atoms with van der Waals surface area (Å²) in [6.45, 7) is 0.231. The van der Waals surface area contributed by atoms with E-state index in [-0.39, 0.29) is 12.5 Å². The van der Waals surface area contributed by atoms with Crippen LogP contribution in [-0.2, 0) is 9.59 Å². The van der Waals surface area contributed by atoms with Gasteiger partial charge in [0.25, 0.3) is 0 Å². The van der Waals surface area contributed by atoms with E-state index in [4.69, 9.17) is 5.11 Å². The molecule has 0 unspecified atom stereocenters. The highest BCUT2D eigenvalue weighted by molar-refractivity contribution is 5.88. The van der Waals surface area contributed by atoms with Crippen LogP contribution in [0.1, 0.15) is 25.7 Å². The Bertz CT molecular complexity index is 257. The highest BCUT2D eigenvalue weighted by Crippen LogP contribution is 2.29. The van der Waals surface area contributed by atoms with Gasteiger partial charge in [-0.15, -0.1) is 0 Å². The number of nitrogens with one attached hydrogen (secondary N) is 1. The van der Waals surface area contributed by atoms with Crippen LogP contribution in [0, 0.1) is 0 Å². The second kappa shape index (κ2) is 4.61. The maximum atomic E-state index is 11.5. The molecule has 15 heavy (non-hydrogen) atoms. The summed E-state index contributed by atoms with van der Waals surface area (Å²) in [4.78, 5) is 24.3. The number of rotatable bonds is 4. The lowest BCUT2D eigenvalue weighted by atomic mass is 9.98. The third-order valence-corrected chi connectivity index (χ3v) is 2.71. The zero-order chi connectivity index (χ0) is 11.5. The fraction of sp³-hybridized carbons (Fsp3) is 0.800. The Morgan fingerprint density at radius 1 is 1.33 bits per heavy atom. The lowest BCUT2D eigenvalue weighted by Crippen LogP contribution is -2.54. The standard InChI is InChI=1S/C10H18N2O3/c1-12(2)7-8(13)11-10(9(14)15)5-3-4-6-10/h3-7H2,1-2H3,(H,11,13)(H,14,15). The molecule has 0 aromatic carbocycles. The van der Waals surface area contributed by atoms with E-state index in [9.17, 15) is 9.59 Å². The van der Waals surface area contributed by atoms with Crippen LogP contribution in [0.2, 0.25) is 0 Å². The molecule has 5 nitrogen and oxygen atoms in total. The first-order valence-electron chi connectivity index (χ1n) is 5.15. The van der Waals surface area contributed by atoms with Crippen molar-refractivity contribution in [2.75, 3.05) is 20.6 Å². The van der Waals surface area contributed by atoms with Crippen LogP contribution in [0.15, 0.2) is 0 Å². The average Bonchev–Trinajstić information content (AvgIpc) is 2.52. The Morgan fingerprint density at radius 2 is 1.87 bits per heavy atom. The van der Waals surface area contributed by atoms with Gasteiger partial charge in [0.2, 0.25) is 5.91 Å². The summed E-state index contributed by atoms with van der Waals surface area (Å²) in [5.74, 6) is -1.13. The number of hydrogen-bond acceptors (Lipinski definition) is 3. The van der Waals surface area contributed by atoms with E-state index in [2.05, 4.69) is 5.32 Å². The SMILES string of the molecule is CN(C)CC(=O)NC1(C(=O)O)CCCC1. The molecule has 5 heteroatoms. The minimum atomic E-state index is -1.01. The average molecular weight is 214 g/mol. The number of carboxylic acids is 1. The number of aliphatic carboxylic acids is 1. The zero-order valence-corrected chi connectivity index (χ0v) is 9.25. The van der Waals surface area contributed by atoms with Crippen LogP contribution >= 0.6 is 0 Å². The number of carbonyl (C=O) groups is 2. The van der Waals surface area contributed by atoms with Gasteiger partial charge in [0.1, 0.15) is 5.54 Å². The highest BCUT2D eigenvalue weighted by Gasteiger charge is 2.42. The zero-order valence-electron chi connectivity index (χ0n) is 9.25. The van der Waals surface area contributed by atoms with Crippen molar-refractivity contribution in [2.45, 2.75) is 31.2 Å². The maximum Gasteiger partial charge on any atom is 0.329 e. The molecule has 1 aliphatic rings. The molecule has 0 atom stereocenters. The molecule has 0 spiro atoms. The minimum Gasteiger partial charge on any atom is -0.480 e. The van der Waals surface area contributed by atoms with Gasteiger partial charge in [0.05, 0.1) is 6.54 Å². The molecular weight excluding hydrogens is 196 g/mol. The Labute approximate surface area is 89.4 Å². The normalized spacial score (nSPS) is 19.1. The molecule has 0 saturated heterocycles. The third-order valence-electron chi connectivity index (χ3n) is 2.71. The minimum absolute atomic E-state index is 0.218. The molecule has 0 heterocycles. The summed E-state index contributed by atoms with van der Waals surface area (Å²) >= 11 is 0. The Balaban J connectivity index is 2.59. The van der Waals surface area contributed by atoms with Gasteiger partial charge in [0, 0.05) is 0 Å². The van der Waals surface area contributed by atoms with Gasteiger partial charge < -0.3 is 15.3 Å². The smallest absolute Gasteiger partial charge is 0.329 e. The predicted molar refractivity (Wildman–Crippen MR) is 55.5 cm³/mol. The van der Waals surface area contributed by atoms with E-state index in [0.717, 1.165) is 12.8 Å². The quantitative estimate of drug-likeness (QED) is 0.694. The first-order valence-corrected chi connectivity index (χ1v) is 5.15. The summed E-state index contributed by atoms with van der Waals surface area (Å²) in [5, 5.41) is 11.8. The van der Waals surface area contributed by atoms with Crippen LogP contribution < -0.4 is 5.32 Å². The highest BCUT2D eigenvalue weighted by atomic mass is 16.4. The molecule has 1 saturated carbocycles. The van der Waals surface area contributed by atoms with E-state index in [1.807, 2.05) is 0 Å². The van der Waals surface area contributed by atoms with Gasteiger partial charge in [-0.05, 0) is 26.9 Å². The molecule has 0 aliphatic heterocycles. The summed E-state index contributed by atoms with van der Waals surface area (Å²) in [5.41, 5.74) is -1.01. The number of hydrogen-bond donors (Lipinski definition) is 2. The van der Waals surface area contributed by atoms with Crippen molar-refractivity contribution in [1.29, 1.82) is 0 Å². The van der Waals surface area contributed by atoms with Crippen molar-refractivity contribution >= 4 is 11.9 Å². The lowest BCUT2D eigenvalue weighted by molar-refractivity contribution is -0.147. The van der Waals surface area contributed by atoms with Crippen LogP contribution in [0.4, 0.5) is 0 Å². The molecule has 1 aliphatic carbocycles. The first-order chi connectivity index (χ1) is 6.96. The fourth-order valence-corrected chi connectivity index (χ4v) is 1.96. The molecule has 0 aromatic heterocycles. The monoisotopic (exact) mass is 214 g/mol. The number of amides is 1. The van der Waals surface area contributed by atoms with E-state index in [1.165, 1.54) is 0 Å². The van der Waals surface area contributed by atoms with Crippen molar-refractivity contribution in [2.24, 2.45) is 0 Å². The van der Waals surface area contributed by atoms with Gasteiger partial charge in [-0.2, -0.15) is 0 Å². The first kappa shape index (κ1) is 12.0. The maximum absolute atomic E-state index is 11.5. The van der Waals surface area contributed by atoms with Crippen LogP contribution in [0.25, 0.3) is 0 Å². The second-order valence-corrected chi connectivity index (χ2v) is 4.38. The van der Waals surface area contributed by atoms with E-state index in [1.54, 1.807) is 19.0 Å². The second-order valence-electron chi connectivity index (χ2n) is 4.38. The molecule has 0 bridgehead atoms. The van der Waals surface area contributed by atoms with Gasteiger partial charge >= 0.3 is 5.97 Å². The van der Waals surface area contributed by atoms with Crippen molar-refractivity contribution in [3.05, 3.63) is 0 Å². The van der Waals surface area contributed by atoms with Crippen molar-refractivity contribution in [1.82, 2.24) is 10.2 Å². The summed E-state index contributed by atoms with van der Waals surface area (Å²) in [6.07, 6.45) is 2.83. The van der Waals surface area contributed by atoms with Gasteiger partial charge in [-0.3, -0.25) is 4.79 Å². The number of carboxylic acid groups (broad SMARTS) is 1. The summed E-state index contributed by atoms with van der Waals surface area (Å²) < 4.78 is 0. The number of nitrogens with zero attached hydrogens (tertiary/aromatic N) is 1. The van der Waals surface area contributed by atoms with Gasteiger partial charge in [0.15, 0.2) is 0 Å². The molecular formula is C10H18N2O3. The largest absolute Gasteiger partial charge is 0.480 e. The van der Waals surface area contributed by atoms with Crippen LogP contribution in [-0.4, -0.2) is 48.1 Å². The lowest BCUT2D eigenvalue weighted by Gasteiger charge is -2.26. The Kier molecular flexibility index (Phi) is 3.68. The topological polar surface area (TPSA) is 69.6 Å². The molecule has 1 fully saturated rings. The van der Waals surface area contributed by atoms with Crippen LogP contribution in [0.5, 0.6) is 0 Å². The summed E-state index contributed by atoms with van der Waals surface area (Å²) in [6, 6.07) is 0. The molecule has 0 aromatic rings. The van der Waals surface area contributed by atoms with Gasteiger partial charge in [-0.25, -0.2) is 4.79 Å². The summed E-state index contributed by atoms with van der Waals surface area (Å²) in [7, 11) is 3.56. The third kappa shape index (κ3) is 2.92. The Hall–Kier alpha value is -1.10. The van der Waals surface area contributed by atoms with Crippen LogP contribution in [0.3, 0.4) is 0 Å². The molecule has 0 radical (unpaired) electrons. The van der Waals surface area contributed by atoms with E-state index >= 15 is 0 Å². The number of carbonyl (C=O) groups excluding carboxylic acids is 1. The van der Waals surface area contributed by atoms with E-state index in [0.29, 0.717) is 12.8 Å².